The predicted molar refractivity (Wildman–Crippen MR) is 85.4 cm³/mol. The Labute approximate surface area is 133 Å². The molecular weight excluding hydrogens is 294 g/mol. The summed E-state index contributed by atoms with van der Waals surface area (Å²) in [4.78, 5) is 0. The van der Waals surface area contributed by atoms with Crippen molar-refractivity contribution in [3.8, 4) is 22.9 Å². The molecule has 0 saturated heterocycles. The fraction of sp³-hybridized carbons (Fsp3) is 0.176. The van der Waals surface area contributed by atoms with E-state index < -0.39 is 0 Å². The minimum absolute atomic E-state index is 0.218. The quantitative estimate of drug-likeness (QED) is 0.784. The molecule has 0 bridgehead atoms. The van der Waals surface area contributed by atoms with Gasteiger partial charge in [-0.3, -0.25) is 0 Å². The van der Waals surface area contributed by atoms with Crippen molar-refractivity contribution in [3.05, 3.63) is 59.9 Å². The van der Waals surface area contributed by atoms with Gasteiger partial charge in [0.1, 0.15) is 5.75 Å². The molecule has 118 valence electrons. The molecule has 0 saturated carbocycles. The van der Waals surface area contributed by atoms with Gasteiger partial charge in [0.25, 0.3) is 0 Å². The van der Waals surface area contributed by atoms with Gasteiger partial charge in [0.2, 0.25) is 0 Å². The van der Waals surface area contributed by atoms with Crippen molar-refractivity contribution in [1.29, 1.82) is 0 Å². The zero-order valence-corrected chi connectivity index (χ0v) is 12.9. The van der Waals surface area contributed by atoms with Crippen LogP contribution >= 0.6 is 0 Å². The summed E-state index contributed by atoms with van der Waals surface area (Å²) in [6, 6.07) is 12.5. The van der Waals surface area contributed by atoms with Crippen LogP contribution in [-0.2, 0) is 6.42 Å². The average Bonchev–Trinajstić information content (AvgIpc) is 3.03. The normalized spacial score (nSPS) is 10.5. The summed E-state index contributed by atoms with van der Waals surface area (Å²) in [6.07, 6.45) is 2.43. The highest BCUT2D eigenvalue weighted by atomic mass is 16.5. The highest BCUT2D eigenvalue weighted by molar-refractivity contribution is 5.48. The van der Waals surface area contributed by atoms with Crippen molar-refractivity contribution in [3.63, 3.8) is 0 Å². The number of aromatic nitrogens is 3. The maximum Gasteiger partial charge on any atom is 0.164 e. The molecule has 1 heterocycles. The number of rotatable bonds is 5. The molecule has 0 radical (unpaired) electrons. The molecule has 0 spiro atoms. The van der Waals surface area contributed by atoms with Gasteiger partial charge in [-0.15, -0.1) is 5.10 Å². The molecular formula is C17H17N3O3. The van der Waals surface area contributed by atoms with Gasteiger partial charge in [-0.25, -0.2) is 4.68 Å². The van der Waals surface area contributed by atoms with Gasteiger partial charge < -0.3 is 14.6 Å². The molecule has 0 unspecified atom stereocenters. The van der Waals surface area contributed by atoms with Crippen molar-refractivity contribution in [2.75, 3.05) is 14.2 Å². The van der Waals surface area contributed by atoms with Gasteiger partial charge in [0.05, 0.1) is 31.8 Å². The van der Waals surface area contributed by atoms with Crippen LogP contribution in [0.5, 0.6) is 17.2 Å². The van der Waals surface area contributed by atoms with Gasteiger partial charge in [-0.1, -0.05) is 17.3 Å². The standard InChI is InChI=1S/C17H17N3O3/c1-22-16-5-3-4-12(17(16)23-2)10-13-11-20(19-18-13)14-6-8-15(21)9-7-14/h3-9,11,21H,10H2,1-2H3. The lowest BCUT2D eigenvalue weighted by Crippen LogP contribution is -1.97. The minimum atomic E-state index is 0.218. The van der Waals surface area contributed by atoms with Crippen molar-refractivity contribution in [2.45, 2.75) is 6.42 Å². The number of ether oxygens (including phenoxy) is 2. The van der Waals surface area contributed by atoms with Crippen LogP contribution in [-0.4, -0.2) is 34.3 Å². The first-order valence-corrected chi connectivity index (χ1v) is 7.11. The molecule has 23 heavy (non-hydrogen) atoms. The first kappa shape index (κ1) is 14.9. The highest BCUT2D eigenvalue weighted by Gasteiger charge is 2.12. The summed E-state index contributed by atoms with van der Waals surface area (Å²) in [7, 11) is 3.23. The zero-order valence-electron chi connectivity index (χ0n) is 12.9. The van der Waals surface area contributed by atoms with Gasteiger partial charge in [-0.05, 0) is 30.3 Å². The second-order valence-corrected chi connectivity index (χ2v) is 5.00. The Bertz CT molecular complexity index is 797. The van der Waals surface area contributed by atoms with Gasteiger partial charge in [0.15, 0.2) is 11.5 Å². The minimum Gasteiger partial charge on any atom is -0.508 e. The monoisotopic (exact) mass is 311 g/mol. The van der Waals surface area contributed by atoms with E-state index in [1.165, 1.54) is 0 Å². The second-order valence-electron chi connectivity index (χ2n) is 5.00. The molecule has 0 atom stereocenters. The van der Waals surface area contributed by atoms with Crippen LogP contribution in [0.4, 0.5) is 0 Å². The molecule has 0 fully saturated rings. The molecule has 0 aliphatic rings. The van der Waals surface area contributed by atoms with Crippen LogP contribution in [0.25, 0.3) is 5.69 Å². The first-order chi connectivity index (χ1) is 11.2. The third-order valence-corrected chi connectivity index (χ3v) is 3.51. The number of methoxy groups -OCH3 is 2. The van der Waals surface area contributed by atoms with Crippen LogP contribution in [0.2, 0.25) is 0 Å². The lowest BCUT2D eigenvalue weighted by atomic mass is 10.1. The molecule has 1 N–H and O–H groups in total. The number of phenols is 1. The van der Waals surface area contributed by atoms with Crippen LogP contribution in [0.3, 0.4) is 0 Å². The van der Waals surface area contributed by atoms with E-state index in [0.717, 1.165) is 16.9 Å². The van der Waals surface area contributed by atoms with Gasteiger partial charge in [-0.2, -0.15) is 0 Å². The number of hydrogen-bond acceptors (Lipinski definition) is 5. The third-order valence-electron chi connectivity index (χ3n) is 3.51. The van der Waals surface area contributed by atoms with Crippen LogP contribution in [0.1, 0.15) is 11.3 Å². The van der Waals surface area contributed by atoms with Crippen molar-refractivity contribution < 1.29 is 14.6 Å². The van der Waals surface area contributed by atoms with Crippen molar-refractivity contribution >= 4 is 0 Å². The Balaban J connectivity index is 1.86. The number of aromatic hydroxyl groups is 1. The van der Waals surface area contributed by atoms with E-state index in [4.69, 9.17) is 9.47 Å². The molecule has 0 aliphatic carbocycles. The largest absolute Gasteiger partial charge is 0.508 e. The van der Waals surface area contributed by atoms with E-state index in [9.17, 15) is 5.11 Å². The maximum absolute atomic E-state index is 9.34. The number of benzene rings is 2. The molecule has 0 amide bonds. The Morgan fingerprint density at radius 3 is 2.52 bits per heavy atom. The fourth-order valence-electron chi connectivity index (χ4n) is 2.40. The average molecular weight is 311 g/mol. The SMILES string of the molecule is COc1cccc(Cc2cn(-c3ccc(O)cc3)nn2)c1OC. The van der Waals surface area contributed by atoms with Crippen LogP contribution < -0.4 is 9.47 Å². The highest BCUT2D eigenvalue weighted by Crippen LogP contribution is 2.31. The van der Waals surface area contributed by atoms with Crippen LogP contribution in [0.15, 0.2) is 48.7 Å². The molecule has 0 aliphatic heterocycles. The zero-order chi connectivity index (χ0) is 16.2. The topological polar surface area (TPSA) is 69.4 Å². The molecule has 3 rings (SSSR count). The number of hydrogen-bond donors (Lipinski definition) is 1. The Hall–Kier alpha value is -3.02. The number of para-hydroxylation sites is 1. The Morgan fingerprint density at radius 2 is 1.83 bits per heavy atom. The Morgan fingerprint density at radius 1 is 1.04 bits per heavy atom. The van der Waals surface area contributed by atoms with E-state index in [1.54, 1.807) is 43.2 Å². The summed E-state index contributed by atoms with van der Waals surface area (Å²) in [5, 5.41) is 17.7. The molecule has 2 aromatic carbocycles. The summed E-state index contributed by atoms with van der Waals surface area (Å²) >= 11 is 0. The molecule has 6 nitrogen and oxygen atoms in total. The predicted octanol–water partition coefficient (Wildman–Crippen LogP) is 2.58. The van der Waals surface area contributed by atoms with Crippen LogP contribution in [0, 0.1) is 0 Å². The van der Waals surface area contributed by atoms with Gasteiger partial charge >= 0.3 is 0 Å². The first-order valence-electron chi connectivity index (χ1n) is 7.11. The fourth-order valence-corrected chi connectivity index (χ4v) is 2.40. The van der Waals surface area contributed by atoms with Gasteiger partial charge in [0, 0.05) is 12.0 Å². The maximum atomic E-state index is 9.34. The molecule has 6 heteroatoms. The lowest BCUT2D eigenvalue weighted by Gasteiger charge is -2.11. The number of phenolic OH excluding ortho intramolecular Hbond substituents is 1. The summed E-state index contributed by atoms with van der Waals surface area (Å²) in [5.74, 6) is 1.61. The number of nitrogens with zero attached hydrogens (tertiary/aromatic N) is 3. The summed E-state index contributed by atoms with van der Waals surface area (Å²) < 4.78 is 12.4. The summed E-state index contributed by atoms with van der Waals surface area (Å²) in [5.41, 5.74) is 2.62. The van der Waals surface area contributed by atoms with E-state index in [2.05, 4.69) is 10.3 Å². The van der Waals surface area contributed by atoms with Crippen molar-refractivity contribution in [2.24, 2.45) is 0 Å². The van der Waals surface area contributed by atoms with E-state index >= 15 is 0 Å². The molecule has 1 aromatic heterocycles. The smallest absolute Gasteiger partial charge is 0.164 e. The van der Waals surface area contributed by atoms with E-state index in [-0.39, 0.29) is 5.75 Å². The van der Waals surface area contributed by atoms with Crippen molar-refractivity contribution in [1.82, 2.24) is 15.0 Å². The molecule has 3 aromatic rings. The lowest BCUT2D eigenvalue weighted by molar-refractivity contribution is 0.352. The second kappa shape index (κ2) is 6.39. The summed E-state index contributed by atoms with van der Waals surface area (Å²) in [6.45, 7) is 0. The van der Waals surface area contributed by atoms with E-state index in [1.807, 2.05) is 24.4 Å². The Kier molecular flexibility index (Phi) is 4.14. The third kappa shape index (κ3) is 3.11. The van der Waals surface area contributed by atoms with E-state index in [0.29, 0.717) is 17.9 Å².